The summed E-state index contributed by atoms with van der Waals surface area (Å²) in [6.45, 7) is 6.93. The molecule has 0 aromatic heterocycles. The van der Waals surface area contributed by atoms with Crippen LogP contribution in [0.2, 0.25) is 5.02 Å². The molecule has 0 heterocycles. The van der Waals surface area contributed by atoms with E-state index in [4.69, 9.17) is 28.6 Å². The first-order valence-electron chi connectivity index (χ1n) is 7.00. The van der Waals surface area contributed by atoms with Crippen molar-refractivity contribution in [1.29, 1.82) is 0 Å². The summed E-state index contributed by atoms with van der Waals surface area (Å²) in [6, 6.07) is 7.57. The van der Waals surface area contributed by atoms with Gasteiger partial charge in [-0.25, -0.2) is 4.79 Å². The van der Waals surface area contributed by atoms with Crippen LogP contribution in [0.1, 0.15) is 26.3 Å². The standard InChI is InChI=1S/C15H22ClN3O2S/c1-15(2,3)21-14(20)18-9-8-17-13(22)19-10-11-6-4-5-7-12(11)16/h4-7H,8-10H2,1-3H3,(H,18,20)(H2,17,19,22). The van der Waals surface area contributed by atoms with Crippen LogP contribution in [0.3, 0.4) is 0 Å². The monoisotopic (exact) mass is 343 g/mol. The van der Waals surface area contributed by atoms with E-state index in [2.05, 4.69) is 16.0 Å². The zero-order valence-electron chi connectivity index (χ0n) is 13.0. The maximum atomic E-state index is 11.4. The van der Waals surface area contributed by atoms with Crippen LogP contribution >= 0.6 is 23.8 Å². The molecular formula is C15H22ClN3O2S. The molecule has 1 rings (SSSR count). The first kappa shape index (κ1) is 18.5. The van der Waals surface area contributed by atoms with Gasteiger partial charge in [0.1, 0.15) is 5.60 Å². The molecule has 0 bridgehead atoms. The van der Waals surface area contributed by atoms with E-state index in [0.717, 1.165) is 5.56 Å². The van der Waals surface area contributed by atoms with E-state index in [1.807, 2.05) is 45.0 Å². The molecule has 0 aliphatic heterocycles. The number of halogens is 1. The fourth-order valence-electron chi connectivity index (χ4n) is 1.53. The fraction of sp³-hybridized carbons (Fsp3) is 0.467. The Morgan fingerprint density at radius 3 is 2.45 bits per heavy atom. The van der Waals surface area contributed by atoms with Crippen LogP contribution in [0.5, 0.6) is 0 Å². The minimum atomic E-state index is -0.497. The maximum absolute atomic E-state index is 11.4. The van der Waals surface area contributed by atoms with E-state index in [9.17, 15) is 4.79 Å². The van der Waals surface area contributed by atoms with Gasteiger partial charge in [-0.15, -0.1) is 0 Å². The molecule has 0 aliphatic carbocycles. The number of amides is 1. The summed E-state index contributed by atoms with van der Waals surface area (Å²) >= 11 is 11.2. The zero-order valence-corrected chi connectivity index (χ0v) is 14.6. The number of carbonyl (C=O) groups is 1. The van der Waals surface area contributed by atoms with Gasteiger partial charge in [0, 0.05) is 24.7 Å². The molecule has 0 saturated heterocycles. The SMILES string of the molecule is CC(C)(C)OC(=O)NCCNC(=S)NCc1ccccc1Cl. The molecule has 1 amide bonds. The molecule has 0 saturated carbocycles. The van der Waals surface area contributed by atoms with Crippen LogP contribution in [0.25, 0.3) is 0 Å². The third-order valence-corrected chi connectivity index (χ3v) is 3.13. The third kappa shape index (κ3) is 8.05. The number of rotatable bonds is 5. The smallest absolute Gasteiger partial charge is 0.407 e. The Morgan fingerprint density at radius 1 is 1.18 bits per heavy atom. The second-order valence-electron chi connectivity index (χ2n) is 5.63. The van der Waals surface area contributed by atoms with E-state index in [0.29, 0.717) is 29.8 Å². The van der Waals surface area contributed by atoms with Crippen LogP contribution in [0, 0.1) is 0 Å². The van der Waals surface area contributed by atoms with E-state index >= 15 is 0 Å². The van der Waals surface area contributed by atoms with Gasteiger partial charge in [0.05, 0.1) is 0 Å². The first-order valence-corrected chi connectivity index (χ1v) is 7.78. The quantitative estimate of drug-likeness (QED) is 0.567. The lowest BCUT2D eigenvalue weighted by atomic mass is 10.2. The molecule has 5 nitrogen and oxygen atoms in total. The summed E-state index contributed by atoms with van der Waals surface area (Å²) in [4.78, 5) is 11.4. The molecule has 0 atom stereocenters. The highest BCUT2D eigenvalue weighted by molar-refractivity contribution is 7.80. The van der Waals surface area contributed by atoms with Crippen molar-refractivity contribution in [3.63, 3.8) is 0 Å². The minimum absolute atomic E-state index is 0.419. The molecule has 122 valence electrons. The van der Waals surface area contributed by atoms with Gasteiger partial charge in [-0.1, -0.05) is 29.8 Å². The molecule has 0 radical (unpaired) electrons. The number of nitrogens with one attached hydrogen (secondary N) is 3. The van der Waals surface area contributed by atoms with Crippen molar-refractivity contribution in [3.8, 4) is 0 Å². The number of ether oxygens (including phenoxy) is 1. The number of thiocarbonyl (C=S) groups is 1. The summed E-state index contributed by atoms with van der Waals surface area (Å²) in [5, 5.41) is 9.90. The van der Waals surface area contributed by atoms with E-state index in [-0.39, 0.29) is 0 Å². The highest BCUT2D eigenvalue weighted by atomic mass is 35.5. The highest BCUT2D eigenvalue weighted by Gasteiger charge is 2.15. The van der Waals surface area contributed by atoms with Crippen LogP contribution in [-0.2, 0) is 11.3 Å². The first-order chi connectivity index (χ1) is 10.3. The molecular weight excluding hydrogens is 322 g/mol. The van der Waals surface area contributed by atoms with Gasteiger partial charge in [-0.05, 0) is 44.6 Å². The van der Waals surface area contributed by atoms with Gasteiger partial charge in [0.15, 0.2) is 5.11 Å². The molecule has 0 aliphatic rings. The average Bonchev–Trinajstić information content (AvgIpc) is 2.41. The lowest BCUT2D eigenvalue weighted by Gasteiger charge is -2.19. The summed E-state index contributed by atoms with van der Waals surface area (Å²) in [5.41, 5.74) is 0.476. The fourth-order valence-corrected chi connectivity index (χ4v) is 1.91. The highest BCUT2D eigenvalue weighted by Crippen LogP contribution is 2.14. The van der Waals surface area contributed by atoms with Crippen molar-refractivity contribution in [2.45, 2.75) is 32.9 Å². The van der Waals surface area contributed by atoms with Gasteiger partial charge >= 0.3 is 6.09 Å². The molecule has 3 N–H and O–H groups in total. The molecule has 0 spiro atoms. The van der Waals surface area contributed by atoms with Crippen LogP contribution in [0.4, 0.5) is 4.79 Å². The van der Waals surface area contributed by atoms with Crippen LogP contribution in [-0.4, -0.2) is 29.9 Å². The number of benzene rings is 1. The van der Waals surface area contributed by atoms with Crippen LogP contribution < -0.4 is 16.0 Å². The second-order valence-corrected chi connectivity index (χ2v) is 6.44. The van der Waals surface area contributed by atoms with Crippen molar-refractivity contribution in [3.05, 3.63) is 34.9 Å². The Labute approximate surface area is 141 Å². The number of carbonyl (C=O) groups excluding carboxylic acids is 1. The molecule has 7 heteroatoms. The van der Waals surface area contributed by atoms with Crippen LogP contribution in [0.15, 0.2) is 24.3 Å². The maximum Gasteiger partial charge on any atom is 0.407 e. The zero-order chi connectivity index (χ0) is 16.6. The van der Waals surface area contributed by atoms with Crippen molar-refractivity contribution in [1.82, 2.24) is 16.0 Å². The van der Waals surface area contributed by atoms with Crippen molar-refractivity contribution in [2.24, 2.45) is 0 Å². The molecule has 1 aromatic rings. The Kier molecular flexibility index (Phi) is 7.41. The molecule has 0 fully saturated rings. The van der Waals surface area contributed by atoms with E-state index in [1.165, 1.54) is 0 Å². The minimum Gasteiger partial charge on any atom is -0.444 e. The molecule has 0 unspecified atom stereocenters. The van der Waals surface area contributed by atoms with Crippen molar-refractivity contribution >= 4 is 35.0 Å². The van der Waals surface area contributed by atoms with Gasteiger partial charge in [-0.2, -0.15) is 0 Å². The lowest BCUT2D eigenvalue weighted by molar-refractivity contribution is 0.0529. The second kappa shape index (κ2) is 8.80. The number of hydrogen-bond acceptors (Lipinski definition) is 3. The lowest BCUT2D eigenvalue weighted by Crippen LogP contribution is -2.41. The van der Waals surface area contributed by atoms with Crippen molar-refractivity contribution < 1.29 is 9.53 Å². The Balaban J connectivity index is 2.16. The molecule has 22 heavy (non-hydrogen) atoms. The van der Waals surface area contributed by atoms with Gasteiger partial charge in [0.25, 0.3) is 0 Å². The summed E-state index contributed by atoms with van der Waals surface area (Å²) in [6.07, 6.45) is -0.441. The predicted molar refractivity (Wildman–Crippen MR) is 93.1 cm³/mol. The number of hydrogen-bond donors (Lipinski definition) is 3. The van der Waals surface area contributed by atoms with E-state index < -0.39 is 11.7 Å². The predicted octanol–water partition coefficient (Wildman–Crippen LogP) is 2.83. The Bertz CT molecular complexity index is 518. The number of alkyl carbamates (subject to hydrolysis) is 1. The van der Waals surface area contributed by atoms with Crippen molar-refractivity contribution in [2.75, 3.05) is 13.1 Å². The summed E-state index contributed by atoms with van der Waals surface area (Å²) in [5.74, 6) is 0. The van der Waals surface area contributed by atoms with Gasteiger partial charge in [0.2, 0.25) is 0 Å². The largest absolute Gasteiger partial charge is 0.444 e. The van der Waals surface area contributed by atoms with Gasteiger partial charge < -0.3 is 20.7 Å². The normalized spacial score (nSPS) is 10.7. The Hall–Kier alpha value is -1.53. The Morgan fingerprint density at radius 2 is 1.82 bits per heavy atom. The molecule has 1 aromatic carbocycles. The summed E-state index contributed by atoms with van der Waals surface area (Å²) in [7, 11) is 0. The third-order valence-electron chi connectivity index (χ3n) is 2.48. The summed E-state index contributed by atoms with van der Waals surface area (Å²) < 4.78 is 5.12. The van der Waals surface area contributed by atoms with Gasteiger partial charge in [-0.3, -0.25) is 0 Å². The average molecular weight is 344 g/mol. The van der Waals surface area contributed by atoms with E-state index in [1.54, 1.807) is 0 Å². The topological polar surface area (TPSA) is 62.4 Å².